The van der Waals surface area contributed by atoms with Crippen molar-refractivity contribution in [3.05, 3.63) is 70.2 Å². The fourth-order valence-corrected chi connectivity index (χ4v) is 2.19. The lowest BCUT2D eigenvalue weighted by molar-refractivity contribution is -0.146. The van der Waals surface area contributed by atoms with Gasteiger partial charge in [0.2, 0.25) is 0 Å². The summed E-state index contributed by atoms with van der Waals surface area (Å²) >= 11 is 5.84. The SMILES string of the molecule is O=C1c2ccccc2CON1Cc1ccc(Cl)cc1. The third-order valence-electron chi connectivity index (χ3n) is 3.09. The fraction of sp³-hybridized carbons (Fsp3) is 0.133. The van der Waals surface area contributed by atoms with Crippen LogP contribution in [-0.4, -0.2) is 11.0 Å². The van der Waals surface area contributed by atoms with Crippen LogP contribution in [0.4, 0.5) is 0 Å². The standard InChI is InChI=1S/C15H12ClNO2/c16-13-7-5-11(6-8-13)9-17-15(18)14-4-2-1-3-12(14)10-19-17/h1-8H,9-10H2. The number of carbonyl (C=O) groups excluding carboxylic acids is 1. The van der Waals surface area contributed by atoms with Gasteiger partial charge in [0.15, 0.2) is 0 Å². The van der Waals surface area contributed by atoms with E-state index in [2.05, 4.69) is 0 Å². The van der Waals surface area contributed by atoms with Crippen molar-refractivity contribution < 1.29 is 9.63 Å². The lowest BCUT2D eigenvalue weighted by Crippen LogP contribution is -2.35. The number of rotatable bonds is 2. The van der Waals surface area contributed by atoms with Crippen molar-refractivity contribution in [3.8, 4) is 0 Å². The average Bonchev–Trinajstić information content (AvgIpc) is 2.45. The van der Waals surface area contributed by atoms with Crippen LogP contribution < -0.4 is 0 Å². The van der Waals surface area contributed by atoms with Crippen LogP contribution in [0.5, 0.6) is 0 Å². The van der Waals surface area contributed by atoms with Gasteiger partial charge < -0.3 is 0 Å². The molecule has 0 aromatic heterocycles. The van der Waals surface area contributed by atoms with Crippen molar-refractivity contribution in [2.24, 2.45) is 0 Å². The fourth-order valence-electron chi connectivity index (χ4n) is 2.07. The first kappa shape index (κ1) is 12.2. The monoisotopic (exact) mass is 273 g/mol. The zero-order valence-corrected chi connectivity index (χ0v) is 10.9. The van der Waals surface area contributed by atoms with Gasteiger partial charge in [0.05, 0.1) is 6.54 Å². The molecule has 0 atom stereocenters. The molecule has 0 unspecified atom stereocenters. The molecule has 0 spiro atoms. The molecule has 1 aliphatic rings. The van der Waals surface area contributed by atoms with Crippen molar-refractivity contribution in [2.75, 3.05) is 0 Å². The van der Waals surface area contributed by atoms with Crippen molar-refractivity contribution >= 4 is 17.5 Å². The van der Waals surface area contributed by atoms with Crippen molar-refractivity contribution in [2.45, 2.75) is 13.2 Å². The molecule has 19 heavy (non-hydrogen) atoms. The zero-order valence-electron chi connectivity index (χ0n) is 10.2. The highest BCUT2D eigenvalue weighted by Crippen LogP contribution is 2.21. The molecule has 3 nitrogen and oxygen atoms in total. The maximum absolute atomic E-state index is 12.3. The Labute approximate surface area is 116 Å². The van der Waals surface area contributed by atoms with Gasteiger partial charge in [-0.1, -0.05) is 41.9 Å². The molecule has 1 amide bonds. The van der Waals surface area contributed by atoms with E-state index in [0.717, 1.165) is 11.1 Å². The molecule has 0 N–H and O–H groups in total. The first-order valence-electron chi connectivity index (χ1n) is 6.01. The Morgan fingerprint density at radius 2 is 1.84 bits per heavy atom. The number of nitrogens with zero attached hydrogens (tertiary/aromatic N) is 1. The summed E-state index contributed by atoms with van der Waals surface area (Å²) in [4.78, 5) is 17.8. The van der Waals surface area contributed by atoms with Crippen LogP contribution in [-0.2, 0) is 18.0 Å². The molecule has 96 valence electrons. The Balaban J connectivity index is 1.81. The first-order valence-corrected chi connectivity index (χ1v) is 6.39. The van der Waals surface area contributed by atoms with E-state index >= 15 is 0 Å². The zero-order chi connectivity index (χ0) is 13.2. The third kappa shape index (κ3) is 2.48. The van der Waals surface area contributed by atoms with Crippen molar-refractivity contribution in [1.82, 2.24) is 5.06 Å². The molecular formula is C15H12ClNO2. The molecule has 0 aliphatic carbocycles. The van der Waals surface area contributed by atoms with Gasteiger partial charge in [0.25, 0.3) is 5.91 Å². The van der Waals surface area contributed by atoms with E-state index < -0.39 is 0 Å². The Morgan fingerprint density at radius 1 is 1.11 bits per heavy atom. The van der Waals surface area contributed by atoms with Gasteiger partial charge in [0.1, 0.15) is 6.61 Å². The molecule has 0 saturated carbocycles. The van der Waals surface area contributed by atoms with Crippen LogP contribution in [0, 0.1) is 0 Å². The van der Waals surface area contributed by atoms with Gasteiger partial charge in [-0.15, -0.1) is 0 Å². The summed E-state index contributed by atoms with van der Waals surface area (Å²) in [7, 11) is 0. The second kappa shape index (κ2) is 5.03. The van der Waals surface area contributed by atoms with Gasteiger partial charge in [-0.2, -0.15) is 0 Å². The van der Waals surface area contributed by atoms with Crippen LogP contribution in [0.15, 0.2) is 48.5 Å². The highest BCUT2D eigenvalue weighted by Gasteiger charge is 2.24. The van der Waals surface area contributed by atoms with Gasteiger partial charge >= 0.3 is 0 Å². The summed E-state index contributed by atoms with van der Waals surface area (Å²) < 4.78 is 0. The van der Waals surface area contributed by atoms with E-state index in [0.29, 0.717) is 23.7 Å². The first-order chi connectivity index (χ1) is 9.24. The van der Waals surface area contributed by atoms with Gasteiger partial charge in [-0.05, 0) is 29.3 Å². The van der Waals surface area contributed by atoms with E-state index in [9.17, 15) is 4.79 Å². The lowest BCUT2D eigenvalue weighted by atomic mass is 10.1. The normalized spacial score (nSPS) is 14.4. The molecule has 4 heteroatoms. The molecule has 2 aromatic carbocycles. The third-order valence-corrected chi connectivity index (χ3v) is 3.34. The molecule has 1 aliphatic heterocycles. The lowest BCUT2D eigenvalue weighted by Gasteiger charge is -2.27. The Bertz CT molecular complexity index is 610. The Kier molecular flexibility index (Phi) is 3.23. The average molecular weight is 274 g/mol. The molecule has 1 heterocycles. The number of hydroxylamine groups is 2. The quantitative estimate of drug-likeness (QED) is 0.839. The second-order valence-corrected chi connectivity index (χ2v) is 4.84. The van der Waals surface area contributed by atoms with Gasteiger partial charge in [-0.25, -0.2) is 5.06 Å². The van der Waals surface area contributed by atoms with Crippen molar-refractivity contribution in [3.63, 3.8) is 0 Å². The maximum atomic E-state index is 12.3. The summed E-state index contributed by atoms with van der Waals surface area (Å²) in [5.74, 6) is -0.100. The predicted molar refractivity (Wildman–Crippen MR) is 72.6 cm³/mol. The Morgan fingerprint density at radius 3 is 2.63 bits per heavy atom. The molecule has 3 rings (SSSR count). The smallest absolute Gasteiger partial charge is 0.267 e. The number of amides is 1. The van der Waals surface area contributed by atoms with Gasteiger partial charge in [-0.3, -0.25) is 9.63 Å². The Hall–Kier alpha value is -1.84. The summed E-state index contributed by atoms with van der Waals surface area (Å²) in [5.41, 5.74) is 2.62. The highest BCUT2D eigenvalue weighted by atomic mass is 35.5. The highest BCUT2D eigenvalue weighted by molar-refractivity contribution is 6.30. The summed E-state index contributed by atoms with van der Waals surface area (Å²) in [6.07, 6.45) is 0. The predicted octanol–water partition coefficient (Wildman–Crippen LogP) is 3.43. The van der Waals surface area contributed by atoms with E-state index in [-0.39, 0.29) is 5.91 Å². The minimum atomic E-state index is -0.100. The summed E-state index contributed by atoms with van der Waals surface area (Å²) in [6.45, 7) is 0.847. The van der Waals surface area contributed by atoms with Crippen LogP contribution in [0.2, 0.25) is 5.02 Å². The van der Waals surface area contributed by atoms with E-state index in [1.165, 1.54) is 5.06 Å². The molecule has 0 fully saturated rings. The van der Waals surface area contributed by atoms with Crippen LogP contribution >= 0.6 is 11.6 Å². The molecule has 0 bridgehead atoms. The molecule has 2 aromatic rings. The molecule has 0 saturated heterocycles. The minimum absolute atomic E-state index is 0.100. The van der Waals surface area contributed by atoms with E-state index in [1.807, 2.05) is 36.4 Å². The number of fused-ring (bicyclic) bond motifs is 1. The van der Waals surface area contributed by atoms with Crippen molar-refractivity contribution in [1.29, 1.82) is 0 Å². The number of hydrogen-bond acceptors (Lipinski definition) is 2. The van der Waals surface area contributed by atoms with Crippen LogP contribution in [0.3, 0.4) is 0 Å². The number of hydrogen-bond donors (Lipinski definition) is 0. The van der Waals surface area contributed by atoms with Crippen LogP contribution in [0.25, 0.3) is 0 Å². The number of halogens is 1. The largest absolute Gasteiger partial charge is 0.278 e. The molecular weight excluding hydrogens is 262 g/mol. The van der Waals surface area contributed by atoms with E-state index in [1.54, 1.807) is 12.1 Å². The van der Waals surface area contributed by atoms with E-state index in [4.69, 9.17) is 16.4 Å². The summed E-state index contributed by atoms with van der Waals surface area (Å²) in [6, 6.07) is 14.9. The minimum Gasteiger partial charge on any atom is -0.267 e. The number of carbonyl (C=O) groups is 1. The van der Waals surface area contributed by atoms with Gasteiger partial charge in [0, 0.05) is 10.6 Å². The topological polar surface area (TPSA) is 29.5 Å². The number of benzene rings is 2. The second-order valence-electron chi connectivity index (χ2n) is 4.40. The molecule has 0 radical (unpaired) electrons. The van der Waals surface area contributed by atoms with Crippen LogP contribution in [0.1, 0.15) is 21.5 Å². The maximum Gasteiger partial charge on any atom is 0.278 e. The summed E-state index contributed by atoms with van der Waals surface area (Å²) in [5, 5.41) is 2.07.